The molecule has 114 valence electrons. The van der Waals surface area contributed by atoms with Crippen molar-refractivity contribution in [1.82, 2.24) is 0 Å². The first-order chi connectivity index (χ1) is 10.7. The summed E-state index contributed by atoms with van der Waals surface area (Å²) in [6.45, 7) is 5.02. The Labute approximate surface area is 132 Å². The molecule has 0 atom stereocenters. The fourth-order valence-corrected chi connectivity index (χ4v) is 3.10. The smallest absolute Gasteiger partial charge is 0.235 e. The molecule has 0 saturated carbocycles. The Kier molecular flexibility index (Phi) is 3.88. The van der Waals surface area contributed by atoms with E-state index in [1.165, 1.54) is 0 Å². The topological polar surface area (TPSA) is 32.3 Å². The molecule has 0 aliphatic carbocycles. The van der Waals surface area contributed by atoms with Gasteiger partial charge in [0.1, 0.15) is 0 Å². The SMILES string of the molecule is CCC1(CC)CN(c2ccccc2Nc2ccccc2)C1=O. The number of nitrogens with one attached hydrogen (secondary N) is 1. The van der Waals surface area contributed by atoms with Crippen molar-refractivity contribution < 1.29 is 4.79 Å². The molecule has 2 aromatic carbocycles. The lowest BCUT2D eigenvalue weighted by molar-refractivity contribution is -0.135. The number of benzene rings is 2. The van der Waals surface area contributed by atoms with E-state index in [-0.39, 0.29) is 11.3 Å². The number of nitrogens with zero attached hydrogens (tertiary/aromatic N) is 1. The van der Waals surface area contributed by atoms with Gasteiger partial charge < -0.3 is 10.2 Å². The zero-order chi connectivity index (χ0) is 15.6. The lowest BCUT2D eigenvalue weighted by Gasteiger charge is -2.48. The Hall–Kier alpha value is -2.29. The highest BCUT2D eigenvalue weighted by Gasteiger charge is 2.50. The molecular weight excluding hydrogens is 272 g/mol. The molecule has 1 aliphatic rings. The van der Waals surface area contributed by atoms with Gasteiger partial charge in [-0.3, -0.25) is 4.79 Å². The molecule has 1 heterocycles. The van der Waals surface area contributed by atoms with Crippen LogP contribution in [0.5, 0.6) is 0 Å². The van der Waals surface area contributed by atoms with E-state index in [0.29, 0.717) is 0 Å². The molecule has 3 rings (SSSR count). The molecule has 1 N–H and O–H groups in total. The highest BCUT2D eigenvalue weighted by Crippen LogP contribution is 2.43. The van der Waals surface area contributed by atoms with Crippen molar-refractivity contribution >= 4 is 23.0 Å². The normalized spacial score (nSPS) is 16.3. The van der Waals surface area contributed by atoms with E-state index in [1.807, 2.05) is 59.5 Å². The maximum absolute atomic E-state index is 12.6. The van der Waals surface area contributed by atoms with E-state index >= 15 is 0 Å². The van der Waals surface area contributed by atoms with Gasteiger partial charge in [-0.25, -0.2) is 0 Å². The van der Waals surface area contributed by atoms with E-state index in [9.17, 15) is 4.79 Å². The van der Waals surface area contributed by atoms with Crippen molar-refractivity contribution in [2.24, 2.45) is 5.41 Å². The van der Waals surface area contributed by atoms with Crippen LogP contribution in [-0.2, 0) is 4.79 Å². The number of rotatable bonds is 5. The molecule has 3 nitrogen and oxygen atoms in total. The van der Waals surface area contributed by atoms with Crippen molar-refractivity contribution in [3.63, 3.8) is 0 Å². The molecule has 2 aromatic rings. The lowest BCUT2D eigenvalue weighted by atomic mass is 9.74. The van der Waals surface area contributed by atoms with Crippen molar-refractivity contribution in [3.8, 4) is 0 Å². The van der Waals surface area contributed by atoms with Crippen LogP contribution in [-0.4, -0.2) is 12.5 Å². The van der Waals surface area contributed by atoms with Crippen molar-refractivity contribution in [2.45, 2.75) is 26.7 Å². The first kappa shape index (κ1) is 14.6. The average Bonchev–Trinajstić information content (AvgIpc) is 2.57. The van der Waals surface area contributed by atoms with Crippen molar-refractivity contribution in [1.29, 1.82) is 0 Å². The summed E-state index contributed by atoms with van der Waals surface area (Å²) in [6.07, 6.45) is 1.82. The van der Waals surface area contributed by atoms with Crippen LogP contribution in [0, 0.1) is 5.41 Å². The first-order valence-corrected chi connectivity index (χ1v) is 7.93. The minimum atomic E-state index is -0.153. The van der Waals surface area contributed by atoms with Gasteiger partial charge in [0.05, 0.1) is 16.8 Å². The predicted molar refractivity (Wildman–Crippen MR) is 91.5 cm³/mol. The van der Waals surface area contributed by atoms with Crippen LogP contribution in [0.3, 0.4) is 0 Å². The quantitative estimate of drug-likeness (QED) is 0.818. The summed E-state index contributed by atoms with van der Waals surface area (Å²) >= 11 is 0. The second-order valence-corrected chi connectivity index (χ2v) is 5.89. The highest BCUT2D eigenvalue weighted by atomic mass is 16.2. The summed E-state index contributed by atoms with van der Waals surface area (Å²) in [5.74, 6) is 0.250. The minimum Gasteiger partial charge on any atom is -0.354 e. The third kappa shape index (κ3) is 2.37. The maximum atomic E-state index is 12.6. The van der Waals surface area contributed by atoms with Gasteiger partial charge in [0.25, 0.3) is 0 Å². The van der Waals surface area contributed by atoms with E-state index in [2.05, 4.69) is 19.2 Å². The number of carbonyl (C=O) groups is 1. The van der Waals surface area contributed by atoms with E-state index in [4.69, 9.17) is 0 Å². The third-order valence-electron chi connectivity index (χ3n) is 4.76. The van der Waals surface area contributed by atoms with Gasteiger partial charge >= 0.3 is 0 Å². The number of para-hydroxylation sites is 3. The second kappa shape index (κ2) is 5.84. The van der Waals surface area contributed by atoms with Gasteiger partial charge in [-0.15, -0.1) is 0 Å². The Morgan fingerprint density at radius 1 is 1.00 bits per heavy atom. The predicted octanol–water partition coefficient (Wildman–Crippen LogP) is 4.58. The van der Waals surface area contributed by atoms with Crippen LogP contribution >= 0.6 is 0 Å². The molecule has 0 aromatic heterocycles. The fraction of sp³-hybridized carbons (Fsp3) is 0.316. The third-order valence-corrected chi connectivity index (χ3v) is 4.76. The summed E-state index contributed by atoms with van der Waals surface area (Å²) < 4.78 is 0. The highest BCUT2D eigenvalue weighted by molar-refractivity contribution is 6.06. The van der Waals surface area contributed by atoms with E-state index < -0.39 is 0 Å². The van der Waals surface area contributed by atoms with Crippen LogP contribution in [0.15, 0.2) is 54.6 Å². The molecular formula is C19H22N2O. The molecule has 0 radical (unpaired) electrons. The van der Waals surface area contributed by atoms with Gasteiger partial charge in [-0.1, -0.05) is 44.2 Å². The Morgan fingerprint density at radius 2 is 1.64 bits per heavy atom. The molecule has 22 heavy (non-hydrogen) atoms. The lowest BCUT2D eigenvalue weighted by Crippen LogP contribution is -2.61. The standard InChI is InChI=1S/C19H22N2O/c1-3-19(4-2)14-21(18(19)22)17-13-9-8-12-16(17)20-15-10-6-5-7-11-15/h5-13,20H,3-4,14H2,1-2H3. The Bertz CT molecular complexity index is 662. The van der Waals surface area contributed by atoms with Gasteiger partial charge in [0, 0.05) is 12.2 Å². The van der Waals surface area contributed by atoms with E-state index in [1.54, 1.807) is 0 Å². The van der Waals surface area contributed by atoms with E-state index in [0.717, 1.165) is 36.4 Å². The first-order valence-electron chi connectivity index (χ1n) is 7.93. The Morgan fingerprint density at radius 3 is 2.27 bits per heavy atom. The number of carbonyl (C=O) groups excluding carboxylic acids is 1. The van der Waals surface area contributed by atoms with Crippen molar-refractivity contribution in [3.05, 3.63) is 54.6 Å². The zero-order valence-electron chi connectivity index (χ0n) is 13.2. The molecule has 3 heteroatoms. The monoisotopic (exact) mass is 294 g/mol. The molecule has 1 amide bonds. The summed E-state index contributed by atoms with van der Waals surface area (Å²) in [5, 5.41) is 3.41. The molecule has 1 saturated heterocycles. The molecule has 0 spiro atoms. The fourth-order valence-electron chi connectivity index (χ4n) is 3.10. The summed E-state index contributed by atoms with van der Waals surface area (Å²) in [5.41, 5.74) is 2.82. The van der Waals surface area contributed by atoms with Crippen LogP contribution in [0.25, 0.3) is 0 Å². The number of hydrogen-bond donors (Lipinski definition) is 1. The van der Waals surface area contributed by atoms with Crippen LogP contribution in [0.1, 0.15) is 26.7 Å². The Balaban J connectivity index is 1.86. The number of β-lactam (4-membered cyclic amide) rings is 1. The minimum absolute atomic E-state index is 0.153. The van der Waals surface area contributed by atoms with Gasteiger partial charge in [0.15, 0.2) is 0 Å². The van der Waals surface area contributed by atoms with Crippen LogP contribution in [0.4, 0.5) is 17.1 Å². The molecule has 0 bridgehead atoms. The van der Waals surface area contributed by atoms with Gasteiger partial charge in [0.2, 0.25) is 5.91 Å². The van der Waals surface area contributed by atoms with Crippen molar-refractivity contribution in [2.75, 3.05) is 16.8 Å². The zero-order valence-corrected chi connectivity index (χ0v) is 13.2. The summed E-state index contributed by atoms with van der Waals surface area (Å²) in [6, 6.07) is 18.0. The molecule has 1 fully saturated rings. The maximum Gasteiger partial charge on any atom is 0.235 e. The summed E-state index contributed by atoms with van der Waals surface area (Å²) in [4.78, 5) is 14.6. The van der Waals surface area contributed by atoms with Gasteiger partial charge in [-0.05, 0) is 37.1 Å². The number of amides is 1. The number of hydrogen-bond acceptors (Lipinski definition) is 2. The summed E-state index contributed by atoms with van der Waals surface area (Å²) in [7, 11) is 0. The average molecular weight is 294 g/mol. The molecule has 1 aliphatic heterocycles. The number of anilines is 3. The van der Waals surface area contributed by atoms with Crippen LogP contribution in [0.2, 0.25) is 0 Å². The largest absolute Gasteiger partial charge is 0.354 e. The second-order valence-electron chi connectivity index (χ2n) is 5.89. The van der Waals surface area contributed by atoms with Crippen LogP contribution < -0.4 is 10.2 Å². The molecule has 0 unspecified atom stereocenters. The van der Waals surface area contributed by atoms with Gasteiger partial charge in [-0.2, -0.15) is 0 Å².